The molecule has 1 heterocycles. The third-order valence-corrected chi connectivity index (χ3v) is 5.30. The van der Waals surface area contributed by atoms with E-state index in [4.69, 9.17) is 4.74 Å². The Bertz CT molecular complexity index is 598. The highest BCUT2D eigenvalue weighted by Crippen LogP contribution is 2.24. The van der Waals surface area contributed by atoms with Crippen molar-refractivity contribution < 1.29 is 17.5 Å². The van der Waals surface area contributed by atoms with E-state index in [1.54, 1.807) is 13.1 Å². The van der Waals surface area contributed by atoms with Crippen molar-refractivity contribution in [3.8, 4) is 0 Å². The van der Waals surface area contributed by atoms with Crippen molar-refractivity contribution in [2.24, 2.45) is 0 Å². The number of hydrogen-bond acceptors (Lipinski definition) is 4. The van der Waals surface area contributed by atoms with Crippen LogP contribution in [0.2, 0.25) is 0 Å². The summed E-state index contributed by atoms with van der Waals surface area (Å²) in [5.74, 6) is -0.738. The van der Waals surface area contributed by atoms with Gasteiger partial charge in [0.15, 0.2) is 0 Å². The topological polar surface area (TPSA) is 67.4 Å². The zero-order valence-electron chi connectivity index (χ0n) is 12.3. The molecule has 2 rings (SSSR count). The second-order valence-corrected chi connectivity index (χ2v) is 7.22. The zero-order valence-corrected chi connectivity index (χ0v) is 13.1. The lowest BCUT2D eigenvalue weighted by Gasteiger charge is -2.34. The van der Waals surface area contributed by atoms with Gasteiger partial charge in [-0.05, 0) is 44.5 Å². The van der Waals surface area contributed by atoms with Crippen LogP contribution in [0.3, 0.4) is 0 Å². The number of ether oxygens (including phenoxy) is 1. The molecule has 0 radical (unpaired) electrons. The van der Waals surface area contributed by atoms with Gasteiger partial charge in [-0.1, -0.05) is 6.07 Å². The Morgan fingerprint density at radius 2 is 2.00 bits per heavy atom. The molecule has 0 aliphatic carbocycles. The van der Waals surface area contributed by atoms with Gasteiger partial charge in [-0.2, -0.15) is 0 Å². The highest BCUT2D eigenvalue weighted by atomic mass is 32.2. The molecule has 5 nitrogen and oxygen atoms in total. The lowest BCUT2D eigenvalue weighted by molar-refractivity contribution is 0.0537. The molecule has 0 atom stereocenters. The van der Waals surface area contributed by atoms with Crippen molar-refractivity contribution in [2.75, 3.05) is 20.3 Å². The third kappa shape index (κ3) is 4.00. The predicted molar refractivity (Wildman–Crippen MR) is 77.9 cm³/mol. The van der Waals surface area contributed by atoms with Crippen molar-refractivity contribution in [1.82, 2.24) is 10.0 Å². The van der Waals surface area contributed by atoms with Crippen LogP contribution < -0.4 is 10.0 Å². The van der Waals surface area contributed by atoms with Crippen LogP contribution in [0.15, 0.2) is 23.1 Å². The fraction of sp³-hybridized carbons (Fsp3) is 0.571. The van der Waals surface area contributed by atoms with E-state index in [2.05, 4.69) is 10.0 Å². The molecule has 1 saturated heterocycles. The van der Waals surface area contributed by atoms with E-state index in [9.17, 15) is 12.8 Å². The Kier molecular flexibility index (Phi) is 4.98. The van der Waals surface area contributed by atoms with E-state index in [0.717, 1.165) is 5.56 Å². The molecule has 1 aromatic rings. The van der Waals surface area contributed by atoms with Crippen molar-refractivity contribution >= 4 is 10.0 Å². The smallest absolute Gasteiger partial charge is 0.243 e. The van der Waals surface area contributed by atoms with Crippen LogP contribution in [0.25, 0.3) is 0 Å². The van der Waals surface area contributed by atoms with Crippen LogP contribution in [0, 0.1) is 5.82 Å². The average Bonchev–Trinajstić information content (AvgIpc) is 2.40. The summed E-state index contributed by atoms with van der Waals surface area (Å²) in [7, 11) is -2.15. The highest BCUT2D eigenvalue weighted by Gasteiger charge is 2.33. The maximum atomic E-state index is 13.9. The minimum Gasteiger partial charge on any atom is -0.381 e. The SMILES string of the molecule is CNCc1ccc(F)c(S(=O)(=O)NC2(C)CCOCC2)c1. The first-order valence-electron chi connectivity index (χ1n) is 6.91. The maximum absolute atomic E-state index is 13.9. The minimum absolute atomic E-state index is 0.303. The van der Waals surface area contributed by atoms with Crippen LogP contribution in [0.1, 0.15) is 25.3 Å². The molecule has 21 heavy (non-hydrogen) atoms. The summed E-state index contributed by atoms with van der Waals surface area (Å²) < 4.78 is 46.7. The zero-order chi connectivity index (χ0) is 15.5. The molecule has 0 unspecified atom stereocenters. The summed E-state index contributed by atoms with van der Waals surface area (Å²) in [6.45, 7) is 3.30. The van der Waals surface area contributed by atoms with E-state index < -0.39 is 21.4 Å². The first-order valence-corrected chi connectivity index (χ1v) is 8.39. The quantitative estimate of drug-likeness (QED) is 0.861. The molecule has 1 aliphatic heterocycles. The van der Waals surface area contributed by atoms with Gasteiger partial charge in [0.2, 0.25) is 10.0 Å². The van der Waals surface area contributed by atoms with Crippen molar-refractivity contribution in [2.45, 2.75) is 36.7 Å². The summed E-state index contributed by atoms with van der Waals surface area (Å²) in [5, 5.41) is 2.92. The first-order chi connectivity index (χ1) is 9.86. The van der Waals surface area contributed by atoms with Gasteiger partial charge >= 0.3 is 0 Å². The van der Waals surface area contributed by atoms with Crippen molar-refractivity contribution in [3.05, 3.63) is 29.6 Å². The number of nitrogens with one attached hydrogen (secondary N) is 2. The lowest BCUT2D eigenvalue weighted by Crippen LogP contribution is -2.49. The Morgan fingerprint density at radius 3 is 2.62 bits per heavy atom. The van der Waals surface area contributed by atoms with Crippen LogP contribution >= 0.6 is 0 Å². The second-order valence-electron chi connectivity index (χ2n) is 5.57. The fourth-order valence-electron chi connectivity index (χ4n) is 2.37. The molecule has 2 N–H and O–H groups in total. The molecule has 0 saturated carbocycles. The van der Waals surface area contributed by atoms with Crippen LogP contribution in [-0.2, 0) is 21.3 Å². The lowest BCUT2D eigenvalue weighted by atomic mass is 9.94. The van der Waals surface area contributed by atoms with Crippen LogP contribution in [0.5, 0.6) is 0 Å². The summed E-state index contributed by atoms with van der Waals surface area (Å²) in [6, 6.07) is 4.13. The molecule has 0 spiro atoms. The van der Waals surface area contributed by atoms with Gasteiger partial charge in [0.05, 0.1) is 0 Å². The van der Waals surface area contributed by atoms with Gasteiger partial charge in [-0.15, -0.1) is 0 Å². The molecule has 118 valence electrons. The van der Waals surface area contributed by atoms with Crippen LogP contribution in [-0.4, -0.2) is 34.2 Å². The van der Waals surface area contributed by atoms with Crippen molar-refractivity contribution in [1.29, 1.82) is 0 Å². The second kappa shape index (κ2) is 6.39. The fourth-order valence-corrected chi connectivity index (χ4v) is 3.97. The molecule has 0 amide bonds. The monoisotopic (exact) mass is 316 g/mol. The molecular formula is C14H21FN2O3S. The van der Waals surface area contributed by atoms with Gasteiger partial charge in [0.1, 0.15) is 10.7 Å². The van der Waals surface area contributed by atoms with Gasteiger partial charge < -0.3 is 10.1 Å². The Morgan fingerprint density at radius 1 is 1.33 bits per heavy atom. The number of benzene rings is 1. The van der Waals surface area contributed by atoms with E-state index in [1.165, 1.54) is 12.1 Å². The standard InChI is InChI=1S/C14H21FN2O3S/c1-14(5-7-20-8-6-14)17-21(18,19)13-9-11(10-16-2)3-4-12(13)15/h3-4,9,16-17H,5-8,10H2,1-2H3. The average molecular weight is 316 g/mol. The van der Waals surface area contributed by atoms with E-state index in [1.807, 2.05) is 6.92 Å². The first kappa shape index (κ1) is 16.4. The Labute approximate surface area is 124 Å². The third-order valence-electron chi connectivity index (χ3n) is 3.64. The largest absolute Gasteiger partial charge is 0.381 e. The summed E-state index contributed by atoms with van der Waals surface area (Å²) in [4.78, 5) is -0.303. The molecular weight excluding hydrogens is 295 g/mol. The Hall–Kier alpha value is -1.02. The molecule has 7 heteroatoms. The van der Waals surface area contributed by atoms with Gasteiger partial charge in [0.25, 0.3) is 0 Å². The minimum atomic E-state index is -3.90. The number of hydrogen-bond donors (Lipinski definition) is 2. The van der Waals surface area contributed by atoms with E-state index >= 15 is 0 Å². The van der Waals surface area contributed by atoms with E-state index in [-0.39, 0.29) is 4.90 Å². The van der Waals surface area contributed by atoms with Gasteiger partial charge in [-0.25, -0.2) is 17.5 Å². The normalized spacial score (nSPS) is 18.6. The highest BCUT2D eigenvalue weighted by molar-refractivity contribution is 7.89. The summed E-state index contributed by atoms with van der Waals surface area (Å²) in [5.41, 5.74) is 0.124. The predicted octanol–water partition coefficient (Wildman–Crippen LogP) is 1.39. The van der Waals surface area contributed by atoms with E-state index in [0.29, 0.717) is 32.6 Å². The number of rotatable bonds is 5. The molecule has 0 aromatic heterocycles. The molecule has 0 bridgehead atoms. The van der Waals surface area contributed by atoms with Crippen LogP contribution in [0.4, 0.5) is 4.39 Å². The maximum Gasteiger partial charge on any atom is 0.243 e. The summed E-state index contributed by atoms with van der Waals surface area (Å²) in [6.07, 6.45) is 1.15. The van der Waals surface area contributed by atoms with Gasteiger partial charge in [-0.3, -0.25) is 0 Å². The Balaban J connectivity index is 2.28. The molecule has 1 aromatic carbocycles. The molecule has 1 fully saturated rings. The number of halogens is 1. The summed E-state index contributed by atoms with van der Waals surface area (Å²) >= 11 is 0. The molecule has 1 aliphatic rings. The van der Waals surface area contributed by atoms with Gasteiger partial charge in [0, 0.05) is 25.3 Å². The number of sulfonamides is 1. The van der Waals surface area contributed by atoms with Crippen molar-refractivity contribution in [3.63, 3.8) is 0 Å².